The number of hydrogen-bond acceptors (Lipinski definition) is 4. The second kappa shape index (κ2) is 7.98. The fourth-order valence-electron chi connectivity index (χ4n) is 3.19. The number of carboxylic acid groups (broad SMARTS) is 1. The number of halogens is 1. The zero-order valence-corrected chi connectivity index (χ0v) is 16.6. The largest absolute Gasteiger partial charge is 0.507 e. The Hall–Kier alpha value is -2.93. The highest BCUT2D eigenvalue weighted by molar-refractivity contribution is 9.10. The van der Waals surface area contributed by atoms with Crippen LogP contribution in [0.5, 0.6) is 0 Å². The standard InChI is InChI=1S/C21H18BrNO5/c1-12-2-4-14(5-3-12)19(26)17-18(13-6-8-15(22)9-7-13)23(11-10-16(24)25)21(28)20(17)27/h2-9,18,26H,10-11H2,1H3,(H,24,25)/b19-17-. The third-order valence-corrected chi connectivity index (χ3v) is 5.15. The Morgan fingerprint density at radius 3 is 2.21 bits per heavy atom. The van der Waals surface area contributed by atoms with Gasteiger partial charge in [0, 0.05) is 16.6 Å². The van der Waals surface area contributed by atoms with Gasteiger partial charge in [-0.15, -0.1) is 0 Å². The van der Waals surface area contributed by atoms with Crippen molar-refractivity contribution >= 4 is 39.3 Å². The number of carbonyl (C=O) groups excluding carboxylic acids is 2. The van der Waals surface area contributed by atoms with Crippen LogP contribution in [0, 0.1) is 6.92 Å². The van der Waals surface area contributed by atoms with Gasteiger partial charge in [-0.1, -0.05) is 57.9 Å². The van der Waals surface area contributed by atoms with Crippen molar-refractivity contribution in [3.8, 4) is 0 Å². The maximum Gasteiger partial charge on any atom is 0.305 e. The Morgan fingerprint density at radius 1 is 1.04 bits per heavy atom. The van der Waals surface area contributed by atoms with Crippen LogP contribution in [0.3, 0.4) is 0 Å². The molecule has 1 fully saturated rings. The molecule has 2 aromatic carbocycles. The van der Waals surface area contributed by atoms with E-state index in [1.165, 1.54) is 4.90 Å². The van der Waals surface area contributed by atoms with Crippen LogP contribution in [0.15, 0.2) is 58.6 Å². The number of carbonyl (C=O) groups is 3. The van der Waals surface area contributed by atoms with Crippen molar-refractivity contribution < 1.29 is 24.6 Å². The smallest absolute Gasteiger partial charge is 0.305 e. The number of amides is 1. The van der Waals surface area contributed by atoms with Gasteiger partial charge in [0.2, 0.25) is 0 Å². The zero-order chi connectivity index (χ0) is 20.4. The van der Waals surface area contributed by atoms with E-state index in [0.717, 1.165) is 10.0 Å². The lowest BCUT2D eigenvalue weighted by Crippen LogP contribution is -2.31. The molecule has 1 unspecified atom stereocenters. The number of aliphatic hydroxyl groups is 1. The number of aryl methyl sites for hydroxylation is 1. The van der Waals surface area contributed by atoms with E-state index < -0.39 is 23.7 Å². The first kappa shape index (κ1) is 19.8. The summed E-state index contributed by atoms with van der Waals surface area (Å²) >= 11 is 3.34. The number of aliphatic hydroxyl groups excluding tert-OH is 1. The van der Waals surface area contributed by atoms with Crippen molar-refractivity contribution in [3.05, 3.63) is 75.3 Å². The zero-order valence-electron chi connectivity index (χ0n) is 15.1. The van der Waals surface area contributed by atoms with E-state index in [1.54, 1.807) is 48.5 Å². The molecule has 6 nitrogen and oxygen atoms in total. The molecule has 28 heavy (non-hydrogen) atoms. The lowest BCUT2D eigenvalue weighted by atomic mass is 9.95. The Bertz CT molecular complexity index is 963. The summed E-state index contributed by atoms with van der Waals surface area (Å²) in [6, 6.07) is 13.1. The first-order valence-electron chi connectivity index (χ1n) is 8.62. The lowest BCUT2D eigenvalue weighted by Gasteiger charge is -2.24. The van der Waals surface area contributed by atoms with Crippen molar-refractivity contribution in [2.45, 2.75) is 19.4 Å². The molecule has 1 amide bonds. The van der Waals surface area contributed by atoms with E-state index in [0.29, 0.717) is 11.1 Å². The molecule has 0 aliphatic carbocycles. The summed E-state index contributed by atoms with van der Waals surface area (Å²) in [7, 11) is 0. The second-order valence-corrected chi connectivity index (χ2v) is 7.47. The number of nitrogens with zero attached hydrogens (tertiary/aromatic N) is 1. The molecular formula is C21H18BrNO5. The second-order valence-electron chi connectivity index (χ2n) is 6.55. The molecule has 0 spiro atoms. The monoisotopic (exact) mass is 443 g/mol. The summed E-state index contributed by atoms with van der Waals surface area (Å²) in [6.07, 6.45) is -0.301. The highest BCUT2D eigenvalue weighted by Crippen LogP contribution is 2.39. The molecule has 1 atom stereocenters. The number of rotatable bonds is 5. The van der Waals surface area contributed by atoms with Crippen LogP contribution in [0.2, 0.25) is 0 Å². The van der Waals surface area contributed by atoms with Crippen molar-refractivity contribution in [1.82, 2.24) is 4.90 Å². The van der Waals surface area contributed by atoms with Gasteiger partial charge in [-0.3, -0.25) is 14.4 Å². The van der Waals surface area contributed by atoms with Gasteiger partial charge < -0.3 is 15.1 Å². The third kappa shape index (κ3) is 3.84. The normalized spacial score (nSPS) is 18.5. The van der Waals surface area contributed by atoms with Crippen LogP contribution in [-0.2, 0) is 14.4 Å². The Balaban J connectivity index is 2.14. The summed E-state index contributed by atoms with van der Waals surface area (Å²) < 4.78 is 0.817. The van der Waals surface area contributed by atoms with Crippen LogP contribution in [0.4, 0.5) is 0 Å². The summed E-state index contributed by atoms with van der Waals surface area (Å²) in [6.45, 7) is 1.77. The molecule has 1 aliphatic heterocycles. The van der Waals surface area contributed by atoms with Crippen molar-refractivity contribution in [2.24, 2.45) is 0 Å². The van der Waals surface area contributed by atoms with Crippen LogP contribution in [0.25, 0.3) is 5.76 Å². The minimum atomic E-state index is -1.07. The minimum absolute atomic E-state index is 0.0402. The van der Waals surface area contributed by atoms with Gasteiger partial charge in [0.25, 0.3) is 11.7 Å². The fourth-order valence-corrected chi connectivity index (χ4v) is 3.45. The van der Waals surface area contributed by atoms with Crippen LogP contribution < -0.4 is 0 Å². The maximum atomic E-state index is 12.7. The molecule has 0 bridgehead atoms. The number of hydrogen-bond donors (Lipinski definition) is 2. The highest BCUT2D eigenvalue weighted by atomic mass is 79.9. The van der Waals surface area contributed by atoms with Crippen molar-refractivity contribution in [2.75, 3.05) is 6.54 Å². The van der Waals surface area contributed by atoms with E-state index in [1.807, 2.05) is 6.92 Å². The summed E-state index contributed by atoms with van der Waals surface area (Å²) in [5.41, 5.74) is 1.98. The summed E-state index contributed by atoms with van der Waals surface area (Å²) in [5.74, 6) is -2.99. The van der Waals surface area contributed by atoms with E-state index in [-0.39, 0.29) is 24.3 Å². The average molecular weight is 444 g/mol. The number of likely N-dealkylation sites (tertiary alicyclic amines) is 1. The Morgan fingerprint density at radius 2 is 1.64 bits per heavy atom. The number of Topliss-reactive ketones (excluding diaryl/α,β-unsaturated/α-hetero) is 1. The molecule has 144 valence electrons. The predicted octanol–water partition coefficient (Wildman–Crippen LogP) is 3.65. The molecular weight excluding hydrogens is 426 g/mol. The molecule has 0 aromatic heterocycles. The quantitative estimate of drug-likeness (QED) is 0.417. The maximum absolute atomic E-state index is 12.7. The van der Waals surface area contributed by atoms with Crippen molar-refractivity contribution in [1.29, 1.82) is 0 Å². The lowest BCUT2D eigenvalue weighted by molar-refractivity contribution is -0.142. The molecule has 3 rings (SSSR count). The van der Waals surface area contributed by atoms with E-state index in [9.17, 15) is 19.5 Å². The van der Waals surface area contributed by atoms with E-state index >= 15 is 0 Å². The fraction of sp³-hybridized carbons (Fsp3) is 0.190. The number of aliphatic carboxylic acids is 1. The molecule has 0 saturated carbocycles. The van der Waals surface area contributed by atoms with E-state index in [2.05, 4.69) is 15.9 Å². The number of ketones is 1. The third-order valence-electron chi connectivity index (χ3n) is 4.62. The first-order chi connectivity index (χ1) is 13.3. The van der Waals surface area contributed by atoms with Gasteiger partial charge in [-0.25, -0.2) is 0 Å². The number of benzene rings is 2. The Kier molecular flexibility index (Phi) is 5.65. The molecule has 2 aromatic rings. The molecule has 2 N–H and O–H groups in total. The molecule has 1 aliphatic rings. The van der Waals surface area contributed by atoms with Crippen LogP contribution in [0.1, 0.15) is 29.2 Å². The average Bonchev–Trinajstić information content (AvgIpc) is 2.91. The highest BCUT2D eigenvalue weighted by Gasteiger charge is 2.46. The van der Waals surface area contributed by atoms with Gasteiger partial charge in [0.05, 0.1) is 18.0 Å². The molecule has 7 heteroatoms. The summed E-state index contributed by atoms with van der Waals surface area (Å²) in [4.78, 5) is 37.5. The SMILES string of the molecule is Cc1ccc(/C(O)=C2/C(=O)C(=O)N(CCC(=O)O)C2c2ccc(Br)cc2)cc1. The van der Waals surface area contributed by atoms with Gasteiger partial charge >= 0.3 is 5.97 Å². The van der Waals surface area contributed by atoms with E-state index in [4.69, 9.17) is 5.11 Å². The number of carboxylic acids is 1. The first-order valence-corrected chi connectivity index (χ1v) is 9.41. The van der Waals surface area contributed by atoms with Crippen LogP contribution in [-0.4, -0.2) is 39.3 Å². The van der Waals surface area contributed by atoms with Gasteiger partial charge in [0.1, 0.15) is 5.76 Å². The van der Waals surface area contributed by atoms with Gasteiger partial charge in [-0.2, -0.15) is 0 Å². The van der Waals surface area contributed by atoms with Gasteiger partial charge in [0.15, 0.2) is 0 Å². The molecule has 1 heterocycles. The topological polar surface area (TPSA) is 94.9 Å². The van der Waals surface area contributed by atoms with Crippen LogP contribution >= 0.6 is 15.9 Å². The minimum Gasteiger partial charge on any atom is -0.507 e. The van der Waals surface area contributed by atoms with Gasteiger partial charge in [-0.05, 0) is 24.6 Å². The van der Waals surface area contributed by atoms with Crippen molar-refractivity contribution in [3.63, 3.8) is 0 Å². The molecule has 0 radical (unpaired) electrons. The summed E-state index contributed by atoms with van der Waals surface area (Å²) in [5, 5.41) is 19.8. The molecule has 1 saturated heterocycles. The Labute approximate surface area is 170 Å². The predicted molar refractivity (Wildman–Crippen MR) is 107 cm³/mol.